The maximum Gasteiger partial charge on any atom is 0.347 e. The fourth-order valence-electron chi connectivity index (χ4n) is 2.65. The van der Waals surface area contributed by atoms with Gasteiger partial charge in [0.1, 0.15) is 11.5 Å². The van der Waals surface area contributed by atoms with Crippen LogP contribution in [0, 0.1) is 6.92 Å². The number of benzene rings is 2. The SMILES string of the molecule is COc1ccc(C)cc1NC(=O)COC(=O)[C@H](C)Oc1ccc(C(C)(C)C)cc1. The standard InChI is InChI=1S/C23H29NO5/c1-15-7-12-20(27-6)19(13-15)24-21(25)14-28-22(26)16(2)29-18-10-8-17(9-11-18)23(3,4)5/h7-13,16H,14H2,1-6H3,(H,24,25)/t16-/m0/s1. The van der Waals surface area contributed by atoms with Crippen LogP contribution in [0.3, 0.4) is 0 Å². The van der Waals surface area contributed by atoms with E-state index in [4.69, 9.17) is 14.2 Å². The van der Waals surface area contributed by atoms with E-state index in [9.17, 15) is 9.59 Å². The molecular weight excluding hydrogens is 370 g/mol. The van der Waals surface area contributed by atoms with Gasteiger partial charge in [0, 0.05) is 0 Å². The molecule has 0 bridgehead atoms. The summed E-state index contributed by atoms with van der Waals surface area (Å²) in [5.74, 6) is 0.0299. The van der Waals surface area contributed by atoms with E-state index in [2.05, 4.69) is 26.1 Å². The molecular formula is C23H29NO5. The molecule has 0 saturated heterocycles. The molecule has 2 aromatic carbocycles. The largest absolute Gasteiger partial charge is 0.495 e. The third kappa shape index (κ3) is 6.52. The number of nitrogens with one attached hydrogen (secondary N) is 1. The van der Waals surface area contributed by atoms with Crippen LogP contribution in [0.2, 0.25) is 0 Å². The Kier molecular flexibility index (Phi) is 7.26. The van der Waals surface area contributed by atoms with E-state index in [1.165, 1.54) is 12.7 Å². The van der Waals surface area contributed by atoms with Crippen molar-refractivity contribution in [2.75, 3.05) is 19.0 Å². The van der Waals surface area contributed by atoms with E-state index in [-0.39, 0.29) is 5.41 Å². The molecule has 1 atom stereocenters. The predicted molar refractivity (Wildman–Crippen MR) is 113 cm³/mol. The number of esters is 1. The van der Waals surface area contributed by atoms with Crippen molar-refractivity contribution in [2.24, 2.45) is 0 Å². The monoisotopic (exact) mass is 399 g/mol. The van der Waals surface area contributed by atoms with E-state index >= 15 is 0 Å². The fraction of sp³-hybridized carbons (Fsp3) is 0.391. The molecule has 0 fully saturated rings. The average Bonchev–Trinajstić information content (AvgIpc) is 2.66. The van der Waals surface area contributed by atoms with Gasteiger partial charge in [-0.2, -0.15) is 0 Å². The maximum atomic E-state index is 12.2. The molecule has 0 saturated carbocycles. The quantitative estimate of drug-likeness (QED) is 0.705. The molecule has 6 heteroatoms. The predicted octanol–water partition coefficient (Wildman–Crippen LogP) is 4.25. The molecule has 0 aromatic heterocycles. The molecule has 2 aromatic rings. The van der Waals surface area contributed by atoms with E-state index in [1.54, 1.807) is 19.1 Å². The van der Waals surface area contributed by atoms with Crippen molar-refractivity contribution in [3.8, 4) is 11.5 Å². The van der Waals surface area contributed by atoms with Crippen LogP contribution >= 0.6 is 0 Å². The molecule has 0 aliphatic carbocycles. The number of anilines is 1. The molecule has 0 heterocycles. The van der Waals surface area contributed by atoms with Gasteiger partial charge in [-0.15, -0.1) is 0 Å². The third-order valence-electron chi connectivity index (χ3n) is 4.34. The van der Waals surface area contributed by atoms with Crippen molar-refractivity contribution in [2.45, 2.75) is 46.1 Å². The zero-order chi connectivity index (χ0) is 21.6. The minimum absolute atomic E-state index is 0.0381. The number of carbonyl (C=O) groups is 2. The van der Waals surface area contributed by atoms with Crippen molar-refractivity contribution in [1.82, 2.24) is 0 Å². The summed E-state index contributed by atoms with van der Waals surface area (Å²) in [4.78, 5) is 24.3. The van der Waals surface area contributed by atoms with Crippen molar-refractivity contribution in [1.29, 1.82) is 0 Å². The normalized spacial score (nSPS) is 12.1. The highest BCUT2D eigenvalue weighted by Crippen LogP contribution is 2.26. The first-order valence-electron chi connectivity index (χ1n) is 9.48. The highest BCUT2D eigenvalue weighted by atomic mass is 16.6. The fourth-order valence-corrected chi connectivity index (χ4v) is 2.65. The molecule has 0 spiro atoms. The van der Waals surface area contributed by atoms with Crippen LogP contribution in [0.15, 0.2) is 42.5 Å². The second kappa shape index (κ2) is 9.45. The van der Waals surface area contributed by atoms with E-state index in [0.717, 1.165) is 5.56 Å². The molecule has 0 aliphatic rings. The molecule has 1 N–H and O–H groups in total. The summed E-state index contributed by atoms with van der Waals surface area (Å²) in [6, 6.07) is 13.0. The number of hydrogen-bond acceptors (Lipinski definition) is 5. The lowest BCUT2D eigenvalue weighted by atomic mass is 9.87. The van der Waals surface area contributed by atoms with Gasteiger partial charge in [0.25, 0.3) is 5.91 Å². The van der Waals surface area contributed by atoms with E-state index in [0.29, 0.717) is 17.2 Å². The van der Waals surface area contributed by atoms with Gasteiger partial charge in [-0.3, -0.25) is 4.79 Å². The maximum absolute atomic E-state index is 12.2. The minimum Gasteiger partial charge on any atom is -0.495 e. The average molecular weight is 399 g/mol. The van der Waals surface area contributed by atoms with Gasteiger partial charge in [-0.1, -0.05) is 39.0 Å². The van der Waals surface area contributed by atoms with Crippen LogP contribution in [0.5, 0.6) is 11.5 Å². The topological polar surface area (TPSA) is 73.9 Å². The van der Waals surface area contributed by atoms with Crippen molar-refractivity contribution in [3.05, 3.63) is 53.6 Å². The summed E-state index contributed by atoms with van der Waals surface area (Å²) in [5.41, 5.74) is 2.70. The van der Waals surface area contributed by atoms with Crippen LogP contribution in [-0.4, -0.2) is 31.7 Å². The van der Waals surface area contributed by atoms with Gasteiger partial charge >= 0.3 is 5.97 Å². The van der Waals surface area contributed by atoms with Crippen LogP contribution < -0.4 is 14.8 Å². The summed E-state index contributed by atoms with van der Waals surface area (Å²) in [6.07, 6.45) is -0.836. The summed E-state index contributed by atoms with van der Waals surface area (Å²) < 4.78 is 15.9. The van der Waals surface area contributed by atoms with Crippen LogP contribution in [0.25, 0.3) is 0 Å². The Labute approximate surface area is 172 Å². The summed E-state index contributed by atoms with van der Waals surface area (Å²) >= 11 is 0. The second-order valence-electron chi connectivity index (χ2n) is 7.89. The number of ether oxygens (including phenoxy) is 3. The van der Waals surface area contributed by atoms with Gasteiger partial charge < -0.3 is 19.5 Å². The molecule has 156 valence electrons. The third-order valence-corrected chi connectivity index (χ3v) is 4.34. The van der Waals surface area contributed by atoms with Crippen molar-refractivity contribution < 1.29 is 23.8 Å². The van der Waals surface area contributed by atoms with Gasteiger partial charge in [-0.25, -0.2) is 4.79 Å². The van der Waals surface area contributed by atoms with Gasteiger partial charge in [0.2, 0.25) is 0 Å². The summed E-state index contributed by atoms with van der Waals surface area (Å²) in [7, 11) is 1.52. The van der Waals surface area contributed by atoms with E-state index < -0.39 is 24.6 Å². The molecule has 0 radical (unpaired) electrons. The molecule has 0 aliphatic heterocycles. The zero-order valence-corrected chi connectivity index (χ0v) is 17.9. The first-order valence-corrected chi connectivity index (χ1v) is 9.48. The Morgan fingerprint density at radius 2 is 1.72 bits per heavy atom. The number of hydrogen-bond donors (Lipinski definition) is 1. The molecule has 6 nitrogen and oxygen atoms in total. The highest BCUT2D eigenvalue weighted by Gasteiger charge is 2.19. The van der Waals surface area contributed by atoms with Crippen molar-refractivity contribution in [3.63, 3.8) is 0 Å². The Hall–Kier alpha value is -3.02. The lowest BCUT2D eigenvalue weighted by Crippen LogP contribution is -2.29. The number of carbonyl (C=O) groups excluding carboxylic acids is 2. The lowest BCUT2D eigenvalue weighted by Gasteiger charge is -2.20. The van der Waals surface area contributed by atoms with Gasteiger partial charge in [0.05, 0.1) is 12.8 Å². The van der Waals surface area contributed by atoms with Crippen LogP contribution in [-0.2, 0) is 19.7 Å². The summed E-state index contributed by atoms with van der Waals surface area (Å²) in [6.45, 7) is 9.46. The zero-order valence-electron chi connectivity index (χ0n) is 17.9. The Morgan fingerprint density at radius 3 is 2.31 bits per heavy atom. The lowest BCUT2D eigenvalue weighted by molar-refractivity contribution is -0.153. The minimum atomic E-state index is -0.836. The van der Waals surface area contributed by atoms with Crippen molar-refractivity contribution >= 4 is 17.6 Å². The highest BCUT2D eigenvalue weighted by molar-refractivity contribution is 5.94. The first-order chi connectivity index (χ1) is 13.6. The Bertz CT molecular complexity index is 853. The van der Waals surface area contributed by atoms with Gasteiger partial charge in [-0.05, 0) is 54.7 Å². The first kappa shape index (κ1) is 22.3. The summed E-state index contributed by atoms with van der Waals surface area (Å²) in [5, 5.41) is 2.68. The number of methoxy groups -OCH3 is 1. The Balaban J connectivity index is 1.87. The van der Waals surface area contributed by atoms with Crippen LogP contribution in [0.1, 0.15) is 38.8 Å². The number of amides is 1. The molecule has 0 unspecified atom stereocenters. The smallest absolute Gasteiger partial charge is 0.347 e. The number of aryl methyl sites for hydroxylation is 1. The van der Waals surface area contributed by atoms with Gasteiger partial charge in [0.15, 0.2) is 12.7 Å². The molecule has 2 rings (SSSR count). The second-order valence-corrected chi connectivity index (χ2v) is 7.89. The van der Waals surface area contributed by atoms with Crippen LogP contribution in [0.4, 0.5) is 5.69 Å². The molecule has 29 heavy (non-hydrogen) atoms. The number of rotatable bonds is 7. The Morgan fingerprint density at radius 1 is 1.07 bits per heavy atom. The molecule has 1 amide bonds. The van der Waals surface area contributed by atoms with E-state index in [1.807, 2.05) is 37.3 Å².